The highest BCUT2D eigenvalue weighted by Gasteiger charge is 2.32. The standard InChI is InChI=1S/C29H26F3O4S/c1-5-28(4,22-10-12-23(13-11-22)35-29(30,31)32)36-26(33)18-34-27-19(2)16-24(17-20(27)3)37-15-14-21-8-6-7-9-25(21)37/h5-17H,1,18H2,2-4H3/q+1. The molecule has 4 nitrogen and oxygen atoms in total. The van der Waals surface area contributed by atoms with Gasteiger partial charge in [-0.05, 0) is 67.8 Å². The number of carbonyl (C=O) groups excluding carboxylic acids is 1. The molecule has 0 aliphatic heterocycles. The zero-order valence-corrected chi connectivity index (χ0v) is 21.4. The summed E-state index contributed by atoms with van der Waals surface area (Å²) in [6, 6.07) is 19.7. The Morgan fingerprint density at radius 3 is 2.27 bits per heavy atom. The van der Waals surface area contributed by atoms with E-state index in [1.807, 2.05) is 26.0 Å². The van der Waals surface area contributed by atoms with E-state index in [1.54, 1.807) is 6.92 Å². The number of aryl methyl sites for hydroxylation is 2. The van der Waals surface area contributed by atoms with Gasteiger partial charge in [0.05, 0.1) is 0 Å². The second-order valence-corrected chi connectivity index (χ2v) is 10.6. The molecule has 0 saturated heterocycles. The zero-order chi connectivity index (χ0) is 26.8. The number of halogens is 3. The first kappa shape index (κ1) is 26.3. The molecule has 0 fully saturated rings. The zero-order valence-electron chi connectivity index (χ0n) is 20.6. The van der Waals surface area contributed by atoms with E-state index >= 15 is 0 Å². The van der Waals surface area contributed by atoms with Gasteiger partial charge in [-0.1, -0.05) is 30.8 Å². The van der Waals surface area contributed by atoms with Crippen LogP contribution in [-0.2, 0) is 15.1 Å². The SMILES string of the molecule is C=CC(C)(OC(=O)COc1c(C)cc(-[s+]2ccc3ccccc32)cc1C)c1ccc(OC(F)(F)F)cc1. The Labute approximate surface area is 215 Å². The topological polar surface area (TPSA) is 44.8 Å². The number of alkyl halides is 3. The minimum Gasteiger partial charge on any atom is -0.481 e. The number of thiophene rings is 1. The minimum absolute atomic E-state index is 0.161. The van der Waals surface area contributed by atoms with Gasteiger partial charge in [0.15, 0.2) is 21.8 Å². The smallest absolute Gasteiger partial charge is 0.481 e. The Hall–Kier alpha value is -3.78. The van der Waals surface area contributed by atoms with Gasteiger partial charge in [0, 0.05) is 34.1 Å². The van der Waals surface area contributed by atoms with Gasteiger partial charge < -0.3 is 14.2 Å². The Morgan fingerprint density at radius 2 is 1.65 bits per heavy atom. The van der Waals surface area contributed by atoms with E-state index < -0.39 is 17.9 Å². The molecule has 1 aromatic heterocycles. The normalized spacial score (nSPS) is 13.6. The molecule has 0 radical (unpaired) electrons. The first-order valence-corrected chi connectivity index (χ1v) is 12.7. The van der Waals surface area contributed by atoms with Gasteiger partial charge in [0.25, 0.3) is 0 Å². The highest BCUT2D eigenvalue weighted by Crippen LogP contribution is 2.42. The van der Waals surface area contributed by atoms with Crippen LogP contribution in [0.25, 0.3) is 15.0 Å². The summed E-state index contributed by atoms with van der Waals surface area (Å²) in [5.41, 5.74) is 0.974. The maximum absolute atomic E-state index is 12.7. The number of fused-ring (bicyclic) bond motifs is 1. The monoisotopic (exact) mass is 527 g/mol. The first-order valence-electron chi connectivity index (χ1n) is 11.5. The van der Waals surface area contributed by atoms with Crippen molar-refractivity contribution in [2.24, 2.45) is 0 Å². The fourth-order valence-corrected chi connectivity index (χ4v) is 6.17. The average Bonchev–Trinajstić information content (AvgIpc) is 3.27. The summed E-state index contributed by atoms with van der Waals surface area (Å²) in [6.45, 7) is 8.85. The third-order valence-electron chi connectivity index (χ3n) is 5.94. The second-order valence-electron chi connectivity index (χ2n) is 8.71. The lowest BCUT2D eigenvalue weighted by molar-refractivity contribution is -0.274. The van der Waals surface area contributed by atoms with Crippen molar-refractivity contribution < 1.29 is 32.2 Å². The predicted octanol–water partition coefficient (Wildman–Crippen LogP) is 8.12. The Bertz CT molecular complexity index is 1420. The summed E-state index contributed by atoms with van der Waals surface area (Å²) in [6.07, 6.45) is -3.38. The lowest BCUT2D eigenvalue weighted by atomic mass is 9.96. The fourth-order valence-electron chi connectivity index (χ4n) is 4.11. The van der Waals surface area contributed by atoms with Crippen LogP contribution in [0.2, 0.25) is 0 Å². The van der Waals surface area contributed by atoms with Crippen molar-refractivity contribution in [3.05, 3.63) is 101 Å². The van der Waals surface area contributed by atoms with Crippen molar-refractivity contribution in [2.45, 2.75) is 32.7 Å². The van der Waals surface area contributed by atoms with E-state index in [2.05, 4.69) is 47.0 Å². The Kier molecular flexibility index (Phi) is 7.32. The van der Waals surface area contributed by atoms with Crippen LogP contribution in [0.3, 0.4) is 0 Å². The fraction of sp³-hybridized carbons (Fsp3) is 0.207. The molecule has 2 atom stereocenters. The molecule has 0 saturated carbocycles. The van der Waals surface area contributed by atoms with Crippen LogP contribution < -0.4 is 9.47 Å². The van der Waals surface area contributed by atoms with Crippen LogP contribution in [0.4, 0.5) is 13.2 Å². The van der Waals surface area contributed by atoms with E-state index in [-0.39, 0.29) is 22.8 Å². The van der Waals surface area contributed by atoms with E-state index in [0.29, 0.717) is 11.3 Å². The third-order valence-corrected chi connectivity index (χ3v) is 7.94. The van der Waals surface area contributed by atoms with Crippen LogP contribution in [-0.4, -0.2) is 18.9 Å². The molecule has 0 spiro atoms. The molecule has 0 bridgehead atoms. The molecule has 4 aromatic rings. The summed E-state index contributed by atoms with van der Waals surface area (Å²) in [5.74, 6) is -0.408. The van der Waals surface area contributed by atoms with Crippen molar-refractivity contribution in [2.75, 3.05) is 6.61 Å². The molecular weight excluding hydrogens is 501 g/mol. The highest BCUT2D eigenvalue weighted by atomic mass is 32.2. The summed E-state index contributed by atoms with van der Waals surface area (Å²) in [7, 11) is -0.161. The van der Waals surface area contributed by atoms with E-state index in [9.17, 15) is 18.0 Å². The van der Waals surface area contributed by atoms with Crippen LogP contribution in [0.15, 0.2) is 84.8 Å². The number of esters is 1. The molecule has 0 amide bonds. The predicted molar refractivity (Wildman–Crippen MR) is 139 cm³/mol. The summed E-state index contributed by atoms with van der Waals surface area (Å²) < 4.78 is 53.9. The number of hydrogen-bond donors (Lipinski definition) is 0. The first-order chi connectivity index (χ1) is 17.5. The molecule has 1 heterocycles. The largest absolute Gasteiger partial charge is 0.573 e. The Balaban J connectivity index is 1.45. The van der Waals surface area contributed by atoms with Crippen molar-refractivity contribution in [1.29, 1.82) is 0 Å². The van der Waals surface area contributed by atoms with E-state index in [1.165, 1.54) is 33.2 Å². The maximum atomic E-state index is 12.7. The Morgan fingerprint density at radius 1 is 1.00 bits per heavy atom. The molecule has 0 aliphatic carbocycles. The van der Waals surface area contributed by atoms with Gasteiger partial charge in [-0.3, -0.25) is 0 Å². The number of benzene rings is 3. The van der Waals surface area contributed by atoms with Gasteiger partial charge in [-0.25, -0.2) is 4.79 Å². The van der Waals surface area contributed by atoms with Gasteiger partial charge in [0.2, 0.25) is 0 Å². The van der Waals surface area contributed by atoms with Crippen molar-refractivity contribution in [3.8, 4) is 16.4 Å². The summed E-state index contributed by atoms with van der Waals surface area (Å²) in [5, 5.41) is 3.42. The summed E-state index contributed by atoms with van der Waals surface area (Å²) in [4.78, 5) is 13.8. The minimum atomic E-state index is -4.79. The quantitative estimate of drug-likeness (QED) is 0.132. The number of carbonyl (C=O) groups is 1. The lowest BCUT2D eigenvalue weighted by Gasteiger charge is -2.27. The van der Waals surface area contributed by atoms with E-state index in [0.717, 1.165) is 23.3 Å². The van der Waals surface area contributed by atoms with Crippen LogP contribution >= 0.6 is 10.5 Å². The molecule has 8 heteroatoms. The second kappa shape index (κ2) is 10.3. The molecule has 3 aromatic carbocycles. The van der Waals surface area contributed by atoms with Crippen molar-refractivity contribution in [1.82, 2.24) is 0 Å². The highest BCUT2D eigenvalue weighted by molar-refractivity contribution is 7.43. The van der Waals surface area contributed by atoms with Crippen LogP contribution in [0.1, 0.15) is 23.6 Å². The summed E-state index contributed by atoms with van der Waals surface area (Å²) >= 11 is 0. The van der Waals surface area contributed by atoms with Gasteiger partial charge in [-0.15, -0.1) is 13.2 Å². The van der Waals surface area contributed by atoms with E-state index in [4.69, 9.17) is 9.47 Å². The van der Waals surface area contributed by atoms with Crippen molar-refractivity contribution >= 4 is 26.5 Å². The molecule has 0 N–H and O–H groups in total. The maximum Gasteiger partial charge on any atom is 0.573 e. The molecule has 192 valence electrons. The number of rotatable bonds is 8. The molecule has 2 unspecified atom stereocenters. The molecular formula is C29H26F3O4S+. The van der Waals surface area contributed by atoms with Gasteiger partial charge in [-0.2, -0.15) is 0 Å². The molecule has 4 rings (SSSR count). The van der Waals surface area contributed by atoms with Gasteiger partial charge in [0.1, 0.15) is 16.9 Å². The molecule has 0 aliphatic rings. The van der Waals surface area contributed by atoms with Crippen molar-refractivity contribution in [3.63, 3.8) is 0 Å². The third kappa shape index (κ3) is 5.97. The number of hydrogen-bond acceptors (Lipinski definition) is 4. The number of ether oxygens (including phenoxy) is 3. The molecule has 37 heavy (non-hydrogen) atoms. The average molecular weight is 528 g/mol. The van der Waals surface area contributed by atoms with Crippen LogP contribution in [0.5, 0.6) is 11.5 Å². The van der Waals surface area contributed by atoms with Crippen LogP contribution in [0, 0.1) is 13.8 Å². The van der Waals surface area contributed by atoms with Gasteiger partial charge >= 0.3 is 12.3 Å². The lowest BCUT2D eigenvalue weighted by Crippen LogP contribution is -2.29.